The van der Waals surface area contributed by atoms with Crippen LogP contribution in [0.1, 0.15) is 17.4 Å². The van der Waals surface area contributed by atoms with Crippen molar-refractivity contribution in [2.24, 2.45) is 0 Å². The minimum atomic E-state index is -1.08. The maximum atomic E-state index is 12.0. The van der Waals surface area contributed by atoms with Crippen LogP contribution in [-0.4, -0.2) is 15.6 Å². The number of carboxylic acid groups (broad SMARTS) is 1. The van der Waals surface area contributed by atoms with Crippen LogP contribution in [0.5, 0.6) is 0 Å². The summed E-state index contributed by atoms with van der Waals surface area (Å²) in [5.74, 6) is -1.08. The fourth-order valence-electron chi connectivity index (χ4n) is 1.79. The van der Waals surface area contributed by atoms with Crippen molar-refractivity contribution in [3.63, 3.8) is 0 Å². The molecule has 1 aromatic carbocycles. The molecule has 16 heavy (non-hydrogen) atoms. The van der Waals surface area contributed by atoms with Crippen LogP contribution in [-0.2, 0) is 6.54 Å². The smallest absolute Gasteiger partial charge is 0.352 e. The lowest BCUT2D eigenvalue weighted by Crippen LogP contribution is -2.25. The Kier molecular flexibility index (Phi) is 2.48. The van der Waals surface area contributed by atoms with E-state index in [1.807, 2.05) is 0 Å². The third kappa shape index (κ3) is 1.48. The molecule has 0 saturated heterocycles. The van der Waals surface area contributed by atoms with Gasteiger partial charge >= 0.3 is 5.97 Å². The van der Waals surface area contributed by atoms with Crippen LogP contribution in [0, 0.1) is 0 Å². The van der Waals surface area contributed by atoms with Gasteiger partial charge in [-0.15, -0.1) is 0 Å². The number of hydrogen-bond acceptors (Lipinski definition) is 2. The summed E-state index contributed by atoms with van der Waals surface area (Å²) in [7, 11) is 0. The zero-order valence-electron chi connectivity index (χ0n) is 8.80. The van der Waals surface area contributed by atoms with Gasteiger partial charge in [-0.1, -0.05) is 18.2 Å². The van der Waals surface area contributed by atoms with Crippen LogP contribution >= 0.6 is 0 Å². The van der Waals surface area contributed by atoms with Crippen molar-refractivity contribution in [2.75, 3.05) is 0 Å². The Morgan fingerprint density at radius 3 is 2.69 bits per heavy atom. The van der Waals surface area contributed by atoms with E-state index in [2.05, 4.69) is 0 Å². The molecule has 82 valence electrons. The molecule has 0 bridgehead atoms. The number of pyridine rings is 1. The van der Waals surface area contributed by atoms with Crippen molar-refractivity contribution in [1.82, 2.24) is 4.57 Å². The van der Waals surface area contributed by atoms with Crippen LogP contribution in [0.4, 0.5) is 0 Å². The molecule has 1 heterocycles. The Morgan fingerprint density at radius 2 is 2.06 bits per heavy atom. The lowest BCUT2D eigenvalue weighted by atomic mass is 10.1. The first-order chi connectivity index (χ1) is 7.65. The summed E-state index contributed by atoms with van der Waals surface area (Å²) in [4.78, 5) is 23.0. The highest BCUT2D eigenvalue weighted by atomic mass is 16.4. The molecule has 4 nitrogen and oxygen atoms in total. The maximum Gasteiger partial charge on any atom is 0.352 e. The van der Waals surface area contributed by atoms with Crippen LogP contribution in [0.25, 0.3) is 10.8 Å². The standard InChI is InChI=1S/C12H11NO3/c1-2-13-10(12(15)16)7-8-5-3-4-6-9(8)11(13)14/h3-7H,2H2,1H3,(H,15,16). The number of aromatic carboxylic acids is 1. The molecule has 0 fully saturated rings. The third-order valence-electron chi connectivity index (χ3n) is 2.55. The summed E-state index contributed by atoms with van der Waals surface area (Å²) >= 11 is 0. The molecule has 0 amide bonds. The summed E-state index contributed by atoms with van der Waals surface area (Å²) in [6.45, 7) is 2.11. The van der Waals surface area contributed by atoms with Crippen molar-refractivity contribution in [3.8, 4) is 0 Å². The van der Waals surface area contributed by atoms with Gasteiger partial charge in [-0.25, -0.2) is 4.79 Å². The number of hydrogen-bond donors (Lipinski definition) is 1. The van der Waals surface area contributed by atoms with Gasteiger partial charge in [-0.05, 0) is 24.4 Å². The van der Waals surface area contributed by atoms with E-state index in [0.29, 0.717) is 17.3 Å². The molecule has 1 N–H and O–H groups in total. The average Bonchev–Trinajstić information content (AvgIpc) is 2.29. The first-order valence-electron chi connectivity index (χ1n) is 5.01. The Bertz CT molecular complexity index is 613. The van der Waals surface area contributed by atoms with E-state index in [4.69, 9.17) is 5.11 Å². The molecule has 4 heteroatoms. The van der Waals surface area contributed by atoms with E-state index in [-0.39, 0.29) is 11.3 Å². The van der Waals surface area contributed by atoms with Gasteiger partial charge in [0.25, 0.3) is 5.56 Å². The molecule has 0 aliphatic carbocycles. The van der Waals surface area contributed by atoms with Crippen molar-refractivity contribution in [3.05, 3.63) is 46.4 Å². The number of fused-ring (bicyclic) bond motifs is 1. The van der Waals surface area contributed by atoms with Gasteiger partial charge in [0.1, 0.15) is 5.69 Å². The minimum Gasteiger partial charge on any atom is -0.477 e. The Morgan fingerprint density at radius 1 is 1.38 bits per heavy atom. The molecule has 0 atom stereocenters. The molecule has 0 radical (unpaired) electrons. The number of nitrogens with zero attached hydrogens (tertiary/aromatic N) is 1. The second kappa shape index (κ2) is 3.81. The summed E-state index contributed by atoms with van der Waals surface area (Å²) in [6, 6.07) is 8.52. The Labute approximate surface area is 91.8 Å². The van der Waals surface area contributed by atoms with Crippen molar-refractivity contribution < 1.29 is 9.90 Å². The second-order valence-electron chi connectivity index (χ2n) is 3.47. The monoisotopic (exact) mass is 217 g/mol. The lowest BCUT2D eigenvalue weighted by Gasteiger charge is -2.08. The van der Waals surface area contributed by atoms with Crippen LogP contribution in [0.3, 0.4) is 0 Å². The van der Waals surface area contributed by atoms with Gasteiger partial charge in [-0.2, -0.15) is 0 Å². The highest BCUT2D eigenvalue weighted by molar-refractivity contribution is 5.92. The molecule has 2 rings (SSSR count). The van der Waals surface area contributed by atoms with Gasteiger partial charge < -0.3 is 9.67 Å². The van der Waals surface area contributed by atoms with E-state index in [0.717, 1.165) is 0 Å². The average molecular weight is 217 g/mol. The number of benzene rings is 1. The van der Waals surface area contributed by atoms with Gasteiger partial charge in [0.05, 0.1) is 0 Å². The minimum absolute atomic E-state index is 0.0335. The molecule has 2 aromatic rings. The first-order valence-corrected chi connectivity index (χ1v) is 5.01. The molecule has 0 saturated carbocycles. The predicted molar refractivity (Wildman–Crippen MR) is 60.8 cm³/mol. The molecule has 0 aliphatic heterocycles. The topological polar surface area (TPSA) is 59.3 Å². The molecule has 0 unspecified atom stereocenters. The highest BCUT2D eigenvalue weighted by Gasteiger charge is 2.12. The predicted octanol–water partition coefficient (Wildman–Crippen LogP) is 1.72. The molecule has 0 aliphatic rings. The van der Waals surface area contributed by atoms with E-state index in [9.17, 15) is 9.59 Å². The quantitative estimate of drug-likeness (QED) is 0.833. The zero-order valence-corrected chi connectivity index (χ0v) is 8.80. The summed E-state index contributed by atoms with van der Waals surface area (Å²) < 4.78 is 1.27. The molecule has 1 aromatic heterocycles. The first kappa shape index (κ1) is 10.4. The van der Waals surface area contributed by atoms with E-state index >= 15 is 0 Å². The second-order valence-corrected chi connectivity index (χ2v) is 3.47. The normalized spacial score (nSPS) is 10.6. The summed E-state index contributed by atoms with van der Waals surface area (Å²) in [6.07, 6.45) is 0. The fourth-order valence-corrected chi connectivity index (χ4v) is 1.79. The molecule has 0 spiro atoms. The van der Waals surface area contributed by atoms with Crippen LogP contribution in [0.15, 0.2) is 35.1 Å². The van der Waals surface area contributed by atoms with E-state index < -0.39 is 5.97 Å². The number of carboxylic acids is 1. The molecular formula is C12H11NO3. The van der Waals surface area contributed by atoms with Crippen molar-refractivity contribution >= 4 is 16.7 Å². The van der Waals surface area contributed by atoms with Crippen LogP contribution in [0.2, 0.25) is 0 Å². The van der Waals surface area contributed by atoms with Crippen molar-refractivity contribution in [2.45, 2.75) is 13.5 Å². The number of carbonyl (C=O) groups is 1. The Balaban J connectivity index is 2.93. The highest BCUT2D eigenvalue weighted by Crippen LogP contribution is 2.11. The summed E-state index contributed by atoms with van der Waals surface area (Å²) in [5, 5.41) is 10.2. The van der Waals surface area contributed by atoms with Gasteiger partial charge in [-0.3, -0.25) is 4.79 Å². The molecular weight excluding hydrogens is 206 g/mol. The maximum absolute atomic E-state index is 12.0. The number of aromatic nitrogens is 1. The van der Waals surface area contributed by atoms with Gasteiger partial charge in [0, 0.05) is 11.9 Å². The van der Waals surface area contributed by atoms with Crippen molar-refractivity contribution in [1.29, 1.82) is 0 Å². The Hall–Kier alpha value is -2.10. The van der Waals surface area contributed by atoms with E-state index in [1.165, 1.54) is 10.6 Å². The largest absolute Gasteiger partial charge is 0.477 e. The number of rotatable bonds is 2. The lowest BCUT2D eigenvalue weighted by molar-refractivity contribution is 0.0684. The van der Waals surface area contributed by atoms with Gasteiger partial charge in [0.15, 0.2) is 0 Å². The zero-order chi connectivity index (χ0) is 11.7. The third-order valence-corrected chi connectivity index (χ3v) is 2.55. The van der Waals surface area contributed by atoms with E-state index in [1.54, 1.807) is 31.2 Å². The van der Waals surface area contributed by atoms with Crippen LogP contribution < -0.4 is 5.56 Å². The fraction of sp³-hybridized carbons (Fsp3) is 0.167. The summed E-state index contributed by atoms with van der Waals surface area (Å²) in [5.41, 5.74) is -0.218. The SMILES string of the molecule is CCn1c(C(=O)O)cc2ccccc2c1=O. The van der Waals surface area contributed by atoms with Gasteiger partial charge in [0.2, 0.25) is 0 Å².